The summed E-state index contributed by atoms with van der Waals surface area (Å²) in [6.45, 7) is 3.47. The molecule has 0 amide bonds. The maximum Gasteiger partial charge on any atom is 0.203 e. The molecule has 0 aliphatic heterocycles. The van der Waals surface area contributed by atoms with E-state index in [9.17, 15) is 0 Å². The molecule has 0 aliphatic rings. The van der Waals surface area contributed by atoms with Crippen LogP contribution in [0.5, 0.6) is 0 Å². The van der Waals surface area contributed by atoms with Crippen molar-refractivity contribution >= 4 is 17.5 Å². The third-order valence-electron chi connectivity index (χ3n) is 2.77. The van der Waals surface area contributed by atoms with Gasteiger partial charge in [-0.1, -0.05) is 23.7 Å². The van der Waals surface area contributed by atoms with Crippen LogP contribution in [0.1, 0.15) is 12.5 Å². The monoisotopic (exact) mass is 279 g/mol. The molecule has 0 bridgehead atoms. The lowest BCUT2D eigenvalue weighted by molar-refractivity contribution is 0.190. The first kappa shape index (κ1) is 13.9. The Hall–Kier alpha value is -1.52. The zero-order valence-electron chi connectivity index (χ0n) is 11.1. The lowest BCUT2D eigenvalue weighted by atomic mass is 10.2. The highest BCUT2D eigenvalue weighted by molar-refractivity contribution is 6.30. The van der Waals surface area contributed by atoms with Crippen LogP contribution in [0.3, 0.4) is 0 Å². The predicted octanol–water partition coefficient (Wildman–Crippen LogP) is 3.03. The van der Waals surface area contributed by atoms with Crippen molar-refractivity contribution in [3.8, 4) is 0 Å². The maximum atomic E-state index is 5.88. The maximum absolute atomic E-state index is 5.88. The molecule has 19 heavy (non-hydrogen) atoms. The molecular formula is C14H18ClN3O. The summed E-state index contributed by atoms with van der Waals surface area (Å²) in [6.07, 6.45) is 3.74. The molecule has 2 aromatic rings. The van der Waals surface area contributed by atoms with E-state index in [1.54, 1.807) is 13.3 Å². The Kier molecular flexibility index (Phi) is 4.82. The summed E-state index contributed by atoms with van der Waals surface area (Å²) < 4.78 is 7.17. The Bertz CT molecular complexity index is 510. The van der Waals surface area contributed by atoms with Gasteiger partial charge in [-0.25, -0.2) is 4.98 Å². The summed E-state index contributed by atoms with van der Waals surface area (Å²) in [7, 11) is 1.69. The van der Waals surface area contributed by atoms with Crippen LogP contribution in [0.15, 0.2) is 36.7 Å². The zero-order valence-corrected chi connectivity index (χ0v) is 11.9. The van der Waals surface area contributed by atoms with Crippen LogP contribution in [-0.2, 0) is 11.3 Å². The molecule has 4 nitrogen and oxygen atoms in total. The molecule has 1 heterocycles. The minimum absolute atomic E-state index is 0.219. The third-order valence-corrected chi connectivity index (χ3v) is 3.03. The second kappa shape index (κ2) is 6.59. The van der Waals surface area contributed by atoms with Crippen LogP contribution in [0.25, 0.3) is 0 Å². The molecule has 1 aromatic carbocycles. The van der Waals surface area contributed by atoms with E-state index in [1.807, 2.05) is 30.5 Å². The van der Waals surface area contributed by atoms with E-state index in [4.69, 9.17) is 16.3 Å². The van der Waals surface area contributed by atoms with Crippen LogP contribution >= 0.6 is 11.6 Å². The van der Waals surface area contributed by atoms with Crippen LogP contribution in [0.4, 0.5) is 5.95 Å². The van der Waals surface area contributed by atoms with E-state index >= 15 is 0 Å². The largest absolute Gasteiger partial charge is 0.383 e. The fraction of sp³-hybridized carbons (Fsp3) is 0.357. The zero-order chi connectivity index (χ0) is 13.7. The van der Waals surface area contributed by atoms with Gasteiger partial charge in [-0.3, -0.25) is 0 Å². The summed E-state index contributed by atoms with van der Waals surface area (Å²) in [6, 6.07) is 8.05. The number of halogens is 1. The first-order chi connectivity index (χ1) is 9.19. The highest BCUT2D eigenvalue weighted by Crippen LogP contribution is 2.13. The van der Waals surface area contributed by atoms with Gasteiger partial charge in [-0.2, -0.15) is 0 Å². The normalized spacial score (nSPS) is 12.4. The standard InChI is InChI=1S/C14H18ClN3O/c1-11(10-19-2)17-14-16-7-8-18(14)9-12-3-5-13(15)6-4-12/h3-8,11H,9-10H2,1-2H3,(H,16,17). The Labute approximate surface area is 118 Å². The van der Waals surface area contributed by atoms with Crippen molar-refractivity contribution in [3.63, 3.8) is 0 Å². The van der Waals surface area contributed by atoms with E-state index in [-0.39, 0.29) is 6.04 Å². The summed E-state index contributed by atoms with van der Waals surface area (Å²) in [5.41, 5.74) is 1.19. The molecule has 0 aliphatic carbocycles. The summed E-state index contributed by atoms with van der Waals surface area (Å²) in [5, 5.41) is 4.08. The van der Waals surface area contributed by atoms with E-state index in [0.29, 0.717) is 6.61 Å². The van der Waals surface area contributed by atoms with Gasteiger partial charge in [0.25, 0.3) is 0 Å². The number of anilines is 1. The van der Waals surface area contributed by atoms with Crippen molar-refractivity contribution in [2.45, 2.75) is 19.5 Å². The molecule has 0 spiro atoms. The van der Waals surface area contributed by atoms with Crippen molar-refractivity contribution in [2.24, 2.45) is 0 Å². The van der Waals surface area contributed by atoms with Crippen LogP contribution in [0.2, 0.25) is 5.02 Å². The first-order valence-electron chi connectivity index (χ1n) is 6.20. The molecule has 0 saturated carbocycles. The van der Waals surface area contributed by atoms with Gasteiger partial charge >= 0.3 is 0 Å². The number of imidazole rings is 1. The number of ether oxygens (including phenoxy) is 1. The first-order valence-corrected chi connectivity index (χ1v) is 6.58. The highest BCUT2D eigenvalue weighted by atomic mass is 35.5. The second-order valence-corrected chi connectivity index (χ2v) is 4.94. The molecule has 0 radical (unpaired) electrons. The number of nitrogens with zero attached hydrogens (tertiary/aromatic N) is 2. The second-order valence-electron chi connectivity index (χ2n) is 4.51. The van der Waals surface area contributed by atoms with E-state index in [0.717, 1.165) is 17.5 Å². The predicted molar refractivity (Wildman–Crippen MR) is 77.7 cm³/mol. The van der Waals surface area contributed by atoms with Crippen molar-refractivity contribution in [1.29, 1.82) is 0 Å². The fourth-order valence-electron chi connectivity index (χ4n) is 1.88. The molecule has 2 rings (SSSR count). The summed E-state index contributed by atoms with van der Waals surface area (Å²) >= 11 is 5.88. The van der Waals surface area contributed by atoms with E-state index < -0.39 is 0 Å². The fourth-order valence-corrected chi connectivity index (χ4v) is 2.00. The van der Waals surface area contributed by atoms with Crippen molar-refractivity contribution in [2.75, 3.05) is 19.0 Å². The number of nitrogens with one attached hydrogen (secondary N) is 1. The summed E-state index contributed by atoms with van der Waals surface area (Å²) in [5.74, 6) is 0.847. The Balaban J connectivity index is 2.05. The topological polar surface area (TPSA) is 39.1 Å². The Morgan fingerprint density at radius 2 is 2.11 bits per heavy atom. The van der Waals surface area contributed by atoms with E-state index in [2.05, 4.69) is 21.8 Å². The van der Waals surface area contributed by atoms with Crippen LogP contribution < -0.4 is 5.32 Å². The lowest BCUT2D eigenvalue weighted by Gasteiger charge is -2.15. The van der Waals surface area contributed by atoms with Crippen molar-refractivity contribution < 1.29 is 4.74 Å². The molecule has 1 unspecified atom stereocenters. The number of hydrogen-bond acceptors (Lipinski definition) is 3. The van der Waals surface area contributed by atoms with Gasteiger partial charge < -0.3 is 14.6 Å². The quantitative estimate of drug-likeness (QED) is 0.883. The van der Waals surface area contributed by atoms with Crippen molar-refractivity contribution in [1.82, 2.24) is 9.55 Å². The average molecular weight is 280 g/mol. The molecule has 0 saturated heterocycles. The smallest absolute Gasteiger partial charge is 0.203 e. The minimum atomic E-state index is 0.219. The number of rotatable bonds is 6. The highest BCUT2D eigenvalue weighted by Gasteiger charge is 2.07. The molecule has 0 fully saturated rings. The van der Waals surface area contributed by atoms with Crippen LogP contribution in [0, 0.1) is 0 Å². The molecule has 5 heteroatoms. The molecule has 1 aromatic heterocycles. The van der Waals surface area contributed by atoms with E-state index in [1.165, 1.54) is 5.56 Å². The molecule has 102 valence electrons. The number of methoxy groups -OCH3 is 1. The molecule has 1 atom stereocenters. The number of benzene rings is 1. The Morgan fingerprint density at radius 3 is 2.79 bits per heavy atom. The van der Waals surface area contributed by atoms with Crippen molar-refractivity contribution in [3.05, 3.63) is 47.2 Å². The van der Waals surface area contributed by atoms with Gasteiger partial charge in [0.05, 0.1) is 13.2 Å². The molecular weight excluding hydrogens is 262 g/mol. The van der Waals surface area contributed by atoms with Gasteiger partial charge in [-0.15, -0.1) is 0 Å². The average Bonchev–Trinajstić information content (AvgIpc) is 2.80. The number of aromatic nitrogens is 2. The lowest BCUT2D eigenvalue weighted by Crippen LogP contribution is -2.23. The van der Waals surface area contributed by atoms with Crippen LogP contribution in [-0.4, -0.2) is 29.3 Å². The Morgan fingerprint density at radius 1 is 1.37 bits per heavy atom. The van der Waals surface area contributed by atoms with Gasteiger partial charge in [0, 0.05) is 30.6 Å². The van der Waals surface area contributed by atoms with Gasteiger partial charge in [0.2, 0.25) is 5.95 Å². The number of hydrogen-bond donors (Lipinski definition) is 1. The molecule has 1 N–H and O–H groups in total. The van der Waals surface area contributed by atoms with Gasteiger partial charge in [-0.05, 0) is 24.6 Å². The SMILES string of the molecule is COCC(C)Nc1nccn1Cc1ccc(Cl)cc1. The van der Waals surface area contributed by atoms with Gasteiger partial charge in [0.1, 0.15) is 0 Å². The summed E-state index contributed by atoms with van der Waals surface area (Å²) in [4.78, 5) is 4.32. The third kappa shape index (κ3) is 3.98. The van der Waals surface area contributed by atoms with Gasteiger partial charge in [0.15, 0.2) is 0 Å². The minimum Gasteiger partial charge on any atom is -0.383 e.